The summed E-state index contributed by atoms with van der Waals surface area (Å²) in [5, 5.41) is 12.2. The molecule has 2 N–H and O–H groups in total. The van der Waals surface area contributed by atoms with E-state index in [2.05, 4.69) is 21.2 Å². The van der Waals surface area contributed by atoms with Gasteiger partial charge in [-0.15, -0.1) is 0 Å². The lowest BCUT2D eigenvalue weighted by molar-refractivity contribution is -0.141. The van der Waals surface area contributed by atoms with Gasteiger partial charge in [-0.1, -0.05) is 18.2 Å². The number of hydrogen-bond acceptors (Lipinski definition) is 4. The first-order valence-corrected chi connectivity index (χ1v) is 6.89. The number of phenolic OH excluding ortho intramolecular Hbond substituents is 1. The Bertz CT molecular complexity index is 663. The van der Waals surface area contributed by atoms with E-state index in [9.17, 15) is 14.3 Å². The first-order valence-electron chi connectivity index (χ1n) is 6.10. The van der Waals surface area contributed by atoms with Gasteiger partial charge in [-0.25, -0.2) is 9.18 Å². The van der Waals surface area contributed by atoms with Crippen molar-refractivity contribution in [3.8, 4) is 5.75 Å². The van der Waals surface area contributed by atoms with Crippen molar-refractivity contribution in [2.45, 2.75) is 6.04 Å². The van der Waals surface area contributed by atoms with Crippen LogP contribution in [0.4, 0.5) is 10.1 Å². The molecule has 0 aromatic heterocycles. The van der Waals surface area contributed by atoms with Crippen LogP contribution in [0, 0.1) is 5.82 Å². The first kappa shape index (κ1) is 15.3. The molecular weight excluding hydrogens is 341 g/mol. The Labute approximate surface area is 129 Å². The largest absolute Gasteiger partial charge is 0.505 e. The van der Waals surface area contributed by atoms with Crippen LogP contribution < -0.4 is 5.32 Å². The van der Waals surface area contributed by atoms with Crippen molar-refractivity contribution in [1.29, 1.82) is 0 Å². The Morgan fingerprint density at radius 2 is 2.05 bits per heavy atom. The molecule has 0 spiro atoms. The molecule has 0 saturated heterocycles. The van der Waals surface area contributed by atoms with Gasteiger partial charge in [0.05, 0.1) is 7.11 Å². The highest BCUT2D eigenvalue weighted by molar-refractivity contribution is 9.10. The average molecular weight is 354 g/mol. The lowest BCUT2D eigenvalue weighted by Crippen LogP contribution is -2.22. The van der Waals surface area contributed by atoms with Crippen molar-refractivity contribution in [3.05, 3.63) is 58.3 Å². The molecular formula is C15H13BrFNO3. The summed E-state index contributed by atoms with van der Waals surface area (Å²) in [6.07, 6.45) is 0. The molecule has 1 unspecified atom stereocenters. The SMILES string of the molecule is COC(=O)C(Nc1ccccc1Br)c1ccc(O)c(F)c1. The maximum absolute atomic E-state index is 13.5. The van der Waals surface area contributed by atoms with Crippen LogP contribution in [0.2, 0.25) is 0 Å². The number of methoxy groups -OCH3 is 1. The zero-order valence-corrected chi connectivity index (χ0v) is 12.7. The number of esters is 1. The smallest absolute Gasteiger partial charge is 0.332 e. The van der Waals surface area contributed by atoms with Gasteiger partial charge in [0.25, 0.3) is 0 Å². The Balaban J connectivity index is 2.37. The number of aromatic hydroxyl groups is 1. The highest BCUT2D eigenvalue weighted by Gasteiger charge is 2.23. The zero-order valence-electron chi connectivity index (χ0n) is 11.1. The molecule has 0 aliphatic heterocycles. The molecule has 21 heavy (non-hydrogen) atoms. The standard InChI is InChI=1S/C15H13BrFNO3/c1-21-15(20)14(9-6-7-13(19)11(17)8-9)18-12-5-3-2-4-10(12)16/h2-8,14,18-19H,1H3. The lowest BCUT2D eigenvalue weighted by atomic mass is 10.1. The summed E-state index contributed by atoms with van der Waals surface area (Å²) >= 11 is 3.37. The number of benzene rings is 2. The third-order valence-corrected chi connectivity index (χ3v) is 3.61. The molecule has 0 aliphatic rings. The van der Waals surface area contributed by atoms with E-state index in [1.165, 1.54) is 19.2 Å². The Hall–Kier alpha value is -2.08. The Morgan fingerprint density at radius 3 is 2.67 bits per heavy atom. The van der Waals surface area contributed by atoms with E-state index in [1.54, 1.807) is 12.1 Å². The van der Waals surface area contributed by atoms with Crippen molar-refractivity contribution < 1.29 is 19.0 Å². The van der Waals surface area contributed by atoms with E-state index in [4.69, 9.17) is 4.74 Å². The van der Waals surface area contributed by atoms with Gasteiger partial charge in [0, 0.05) is 10.2 Å². The number of ether oxygens (including phenoxy) is 1. The third-order valence-electron chi connectivity index (χ3n) is 2.92. The van der Waals surface area contributed by atoms with Crippen LogP contribution in [-0.2, 0) is 9.53 Å². The zero-order chi connectivity index (χ0) is 15.4. The van der Waals surface area contributed by atoms with E-state index in [1.807, 2.05) is 12.1 Å². The predicted molar refractivity (Wildman–Crippen MR) is 80.6 cm³/mol. The first-order chi connectivity index (χ1) is 10.0. The number of hydrogen-bond donors (Lipinski definition) is 2. The molecule has 2 aromatic carbocycles. The van der Waals surface area contributed by atoms with E-state index >= 15 is 0 Å². The van der Waals surface area contributed by atoms with Crippen LogP contribution in [-0.4, -0.2) is 18.2 Å². The summed E-state index contributed by atoms with van der Waals surface area (Å²) in [7, 11) is 1.26. The molecule has 2 rings (SSSR count). The van der Waals surface area contributed by atoms with Gasteiger partial charge < -0.3 is 15.2 Å². The molecule has 4 nitrogen and oxygen atoms in total. The maximum Gasteiger partial charge on any atom is 0.332 e. The number of nitrogens with one attached hydrogen (secondary N) is 1. The summed E-state index contributed by atoms with van der Waals surface area (Å²) < 4.78 is 19.0. The highest BCUT2D eigenvalue weighted by atomic mass is 79.9. The fourth-order valence-electron chi connectivity index (χ4n) is 1.83. The third kappa shape index (κ3) is 3.52. The molecule has 0 radical (unpaired) electrons. The van der Waals surface area contributed by atoms with E-state index in [0.717, 1.165) is 10.5 Å². The van der Waals surface area contributed by atoms with Crippen LogP contribution in [0.1, 0.15) is 11.6 Å². The molecule has 0 fully saturated rings. The summed E-state index contributed by atoms with van der Waals surface area (Å²) in [6.45, 7) is 0. The van der Waals surface area contributed by atoms with Gasteiger partial charge in [0.1, 0.15) is 0 Å². The molecule has 0 heterocycles. The van der Waals surface area contributed by atoms with Gasteiger partial charge in [-0.2, -0.15) is 0 Å². The second-order valence-corrected chi connectivity index (χ2v) is 5.15. The highest BCUT2D eigenvalue weighted by Crippen LogP contribution is 2.28. The monoisotopic (exact) mass is 353 g/mol. The number of halogens is 2. The molecule has 0 saturated carbocycles. The van der Waals surface area contributed by atoms with Crippen molar-refractivity contribution in [2.75, 3.05) is 12.4 Å². The minimum atomic E-state index is -0.885. The number of carbonyl (C=O) groups is 1. The summed E-state index contributed by atoms with van der Waals surface area (Å²) in [5.74, 6) is -1.82. The molecule has 0 aliphatic carbocycles. The van der Waals surface area contributed by atoms with Gasteiger partial charge in [-0.3, -0.25) is 0 Å². The van der Waals surface area contributed by atoms with Crippen LogP contribution in [0.5, 0.6) is 5.75 Å². The van der Waals surface area contributed by atoms with Crippen molar-refractivity contribution >= 4 is 27.6 Å². The van der Waals surface area contributed by atoms with E-state index in [0.29, 0.717) is 11.3 Å². The average Bonchev–Trinajstić information content (AvgIpc) is 2.48. The second-order valence-electron chi connectivity index (χ2n) is 4.29. The lowest BCUT2D eigenvalue weighted by Gasteiger charge is -2.19. The van der Waals surface area contributed by atoms with Gasteiger partial charge in [0.2, 0.25) is 0 Å². The molecule has 0 bridgehead atoms. The fourth-order valence-corrected chi connectivity index (χ4v) is 2.23. The molecule has 110 valence electrons. The number of rotatable bonds is 4. The summed E-state index contributed by atoms with van der Waals surface area (Å²) in [4.78, 5) is 11.9. The molecule has 2 aromatic rings. The number of anilines is 1. The Morgan fingerprint density at radius 1 is 1.33 bits per heavy atom. The number of carbonyl (C=O) groups excluding carboxylic acids is 1. The minimum absolute atomic E-state index is 0.355. The summed E-state index contributed by atoms with van der Waals surface area (Å²) in [6, 6.07) is 10.1. The van der Waals surface area contributed by atoms with Gasteiger partial charge >= 0.3 is 5.97 Å². The predicted octanol–water partition coefficient (Wildman–Crippen LogP) is 3.62. The molecule has 1 atom stereocenters. The number of para-hydroxylation sites is 1. The fraction of sp³-hybridized carbons (Fsp3) is 0.133. The molecule has 0 amide bonds. The molecule has 6 heteroatoms. The normalized spacial score (nSPS) is 11.8. The minimum Gasteiger partial charge on any atom is -0.505 e. The van der Waals surface area contributed by atoms with Gasteiger partial charge in [0.15, 0.2) is 17.6 Å². The van der Waals surface area contributed by atoms with E-state index < -0.39 is 23.6 Å². The Kier molecular flexibility index (Phi) is 4.80. The van der Waals surface area contributed by atoms with Crippen LogP contribution >= 0.6 is 15.9 Å². The van der Waals surface area contributed by atoms with Crippen molar-refractivity contribution in [2.24, 2.45) is 0 Å². The van der Waals surface area contributed by atoms with Crippen molar-refractivity contribution in [3.63, 3.8) is 0 Å². The topological polar surface area (TPSA) is 58.6 Å². The summed E-state index contributed by atoms with van der Waals surface area (Å²) in [5.41, 5.74) is 1.02. The van der Waals surface area contributed by atoms with E-state index in [-0.39, 0.29) is 0 Å². The van der Waals surface area contributed by atoms with Crippen LogP contribution in [0.15, 0.2) is 46.9 Å². The quantitative estimate of drug-likeness (QED) is 0.824. The van der Waals surface area contributed by atoms with Crippen LogP contribution in [0.3, 0.4) is 0 Å². The van der Waals surface area contributed by atoms with Crippen LogP contribution in [0.25, 0.3) is 0 Å². The van der Waals surface area contributed by atoms with Crippen molar-refractivity contribution in [1.82, 2.24) is 0 Å². The van der Waals surface area contributed by atoms with Gasteiger partial charge in [-0.05, 0) is 45.8 Å². The number of phenols is 1. The maximum atomic E-state index is 13.5. The second kappa shape index (κ2) is 6.58.